The van der Waals surface area contributed by atoms with Crippen molar-refractivity contribution in [3.63, 3.8) is 0 Å². The van der Waals surface area contributed by atoms with Crippen molar-refractivity contribution in [2.75, 3.05) is 61.5 Å². The van der Waals surface area contributed by atoms with Crippen LogP contribution in [-0.2, 0) is 4.79 Å². The number of nitrogens with one attached hydrogen (secondary N) is 1. The minimum atomic E-state index is 0.0465. The molecule has 7 nitrogen and oxygen atoms in total. The van der Waals surface area contributed by atoms with Crippen LogP contribution >= 0.6 is 0 Å². The molecule has 1 aliphatic carbocycles. The monoisotopic (exact) mass is 532 g/mol. The van der Waals surface area contributed by atoms with Crippen molar-refractivity contribution in [1.82, 2.24) is 4.90 Å². The van der Waals surface area contributed by atoms with Crippen LogP contribution in [0.15, 0.2) is 42.5 Å². The highest BCUT2D eigenvalue weighted by molar-refractivity contribution is 6.02. The molecule has 0 bridgehead atoms. The minimum absolute atomic E-state index is 0.0465. The Kier molecular flexibility index (Phi) is 8.95. The Bertz CT molecular complexity index is 1130. The van der Waals surface area contributed by atoms with Gasteiger partial charge < -0.3 is 24.8 Å². The molecule has 2 saturated heterocycles. The fraction of sp³-hybridized carbons (Fsp3) is 0.562. The van der Waals surface area contributed by atoms with E-state index in [9.17, 15) is 9.59 Å². The third kappa shape index (κ3) is 6.68. The van der Waals surface area contributed by atoms with E-state index in [0.29, 0.717) is 23.8 Å². The highest BCUT2D eigenvalue weighted by atomic mass is 16.5. The largest absolute Gasteiger partial charge is 0.495 e. The molecule has 0 unspecified atom stereocenters. The molecule has 210 valence electrons. The number of likely N-dealkylation sites (tertiary alicyclic amines) is 1. The second kappa shape index (κ2) is 12.8. The van der Waals surface area contributed by atoms with Crippen LogP contribution in [0.25, 0.3) is 0 Å². The van der Waals surface area contributed by atoms with E-state index in [1.165, 1.54) is 25.7 Å². The minimum Gasteiger partial charge on any atom is -0.495 e. The first-order valence-electron chi connectivity index (χ1n) is 14.9. The van der Waals surface area contributed by atoms with Gasteiger partial charge in [0.1, 0.15) is 5.75 Å². The molecule has 1 saturated carbocycles. The summed E-state index contributed by atoms with van der Waals surface area (Å²) in [5, 5.41) is 3.09. The van der Waals surface area contributed by atoms with Crippen molar-refractivity contribution in [2.24, 2.45) is 11.8 Å². The average Bonchev–Trinajstić information content (AvgIpc) is 3.50. The van der Waals surface area contributed by atoms with E-state index in [-0.39, 0.29) is 11.8 Å². The smallest absolute Gasteiger partial charge is 0.256 e. The topological polar surface area (TPSA) is 65.1 Å². The number of methoxy groups -OCH3 is 1. The Hall–Kier alpha value is -3.22. The lowest BCUT2D eigenvalue weighted by Crippen LogP contribution is -2.47. The molecule has 2 amide bonds. The van der Waals surface area contributed by atoms with Gasteiger partial charge in [0.25, 0.3) is 5.91 Å². The highest BCUT2D eigenvalue weighted by Gasteiger charge is 2.28. The van der Waals surface area contributed by atoms with Crippen molar-refractivity contribution in [2.45, 2.75) is 58.3 Å². The van der Waals surface area contributed by atoms with Crippen LogP contribution in [0.2, 0.25) is 0 Å². The first-order chi connectivity index (χ1) is 19.0. The summed E-state index contributed by atoms with van der Waals surface area (Å²) < 4.78 is 5.59. The number of ether oxygens (including phenoxy) is 1. The number of anilines is 3. The van der Waals surface area contributed by atoms with Crippen molar-refractivity contribution >= 4 is 28.9 Å². The summed E-state index contributed by atoms with van der Waals surface area (Å²) in [6.07, 6.45) is 8.66. The number of benzene rings is 2. The lowest BCUT2D eigenvalue weighted by molar-refractivity contribution is -0.116. The summed E-state index contributed by atoms with van der Waals surface area (Å²) >= 11 is 0. The van der Waals surface area contributed by atoms with Gasteiger partial charge in [-0.3, -0.25) is 9.59 Å². The van der Waals surface area contributed by atoms with Gasteiger partial charge in [0.05, 0.1) is 18.4 Å². The number of rotatable bonds is 8. The van der Waals surface area contributed by atoms with Crippen LogP contribution in [-0.4, -0.2) is 63.1 Å². The maximum absolute atomic E-state index is 13.8. The third-order valence-corrected chi connectivity index (χ3v) is 8.88. The quantitative estimate of drug-likeness (QED) is 0.465. The molecular weight excluding hydrogens is 488 g/mol. The molecule has 3 fully saturated rings. The summed E-state index contributed by atoms with van der Waals surface area (Å²) in [5.41, 5.74) is 3.48. The summed E-state index contributed by atoms with van der Waals surface area (Å²) in [6.45, 7) is 7.14. The first-order valence-corrected chi connectivity index (χ1v) is 14.9. The van der Waals surface area contributed by atoms with Gasteiger partial charge in [-0.25, -0.2) is 0 Å². The normalized spacial score (nSPS) is 18.9. The van der Waals surface area contributed by atoms with Gasteiger partial charge >= 0.3 is 0 Å². The number of para-hydroxylation sites is 2. The van der Waals surface area contributed by atoms with Crippen LogP contribution in [0.3, 0.4) is 0 Å². The third-order valence-electron chi connectivity index (χ3n) is 8.88. The van der Waals surface area contributed by atoms with E-state index in [4.69, 9.17) is 4.74 Å². The highest BCUT2D eigenvalue weighted by Crippen LogP contribution is 2.33. The summed E-state index contributed by atoms with van der Waals surface area (Å²) in [5.74, 6) is 2.35. The van der Waals surface area contributed by atoms with Crippen molar-refractivity contribution in [3.8, 4) is 5.75 Å². The number of hydrogen-bond acceptors (Lipinski definition) is 5. The van der Waals surface area contributed by atoms with Crippen molar-refractivity contribution in [1.29, 1.82) is 0 Å². The van der Waals surface area contributed by atoms with Crippen molar-refractivity contribution < 1.29 is 14.3 Å². The molecule has 7 heteroatoms. The fourth-order valence-electron chi connectivity index (χ4n) is 6.38. The molecule has 0 atom stereocenters. The van der Waals surface area contributed by atoms with E-state index >= 15 is 0 Å². The van der Waals surface area contributed by atoms with E-state index in [0.717, 1.165) is 81.3 Å². The van der Waals surface area contributed by atoms with E-state index in [1.807, 2.05) is 41.3 Å². The van der Waals surface area contributed by atoms with Crippen LogP contribution in [0.1, 0.15) is 68.6 Å². The Morgan fingerprint density at radius 1 is 0.872 bits per heavy atom. The maximum atomic E-state index is 13.8. The van der Waals surface area contributed by atoms with Crippen LogP contribution < -0.4 is 19.9 Å². The van der Waals surface area contributed by atoms with Gasteiger partial charge in [0.15, 0.2) is 0 Å². The van der Waals surface area contributed by atoms with Crippen molar-refractivity contribution in [3.05, 3.63) is 48.0 Å². The zero-order valence-electron chi connectivity index (χ0n) is 23.7. The summed E-state index contributed by atoms with van der Waals surface area (Å²) in [4.78, 5) is 33.3. The molecule has 2 aromatic rings. The zero-order chi connectivity index (χ0) is 27.2. The number of piperidine rings is 1. The Morgan fingerprint density at radius 2 is 1.54 bits per heavy atom. The number of hydrogen-bond donors (Lipinski definition) is 1. The summed E-state index contributed by atoms with van der Waals surface area (Å²) in [7, 11) is 1.71. The van der Waals surface area contributed by atoms with E-state index in [1.54, 1.807) is 7.11 Å². The van der Waals surface area contributed by atoms with Gasteiger partial charge in [0.2, 0.25) is 5.91 Å². The number of carbonyl (C=O) groups excluding carboxylic acids is 2. The zero-order valence-corrected chi connectivity index (χ0v) is 23.7. The Labute approximate surface area is 233 Å². The van der Waals surface area contributed by atoms with E-state index in [2.05, 4.69) is 28.1 Å². The number of piperazine rings is 1. The van der Waals surface area contributed by atoms with Gasteiger partial charge in [-0.05, 0) is 61.4 Å². The van der Waals surface area contributed by atoms with Crippen LogP contribution in [0.4, 0.5) is 17.1 Å². The molecular formula is C32H44N4O3. The average molecular weight is 533 g/mol. The predicted molar refractivity (Wildman–Crippen MR) is 158 cm³/mol. The molecule has 2 heterocycles. The lowest BCUT2D eigenvalue weighted by atomic mass is 9.98. The molecule has 2 aliphatic heterocycles. The first kappa shape index (κ1) is 27.4. The maximum Gasteiger partial charge on any atom is 0.256 e. The predicted octanol–water partition coefficient (Wildman–Crippen LogP) is 5.80. The standard InChI is InChI=1S/C32H44N4O3/c1-24-15-17-36(18-16-24)32(38)27-23-26(33-31(37)14-11-25-7-3-4-8-25)12-13-28(27)34-19-21-35(22-20-34)29-9-5-6-10-30(29)39-2/h5-6,9-10,12-13,23-25H,3-4,7-8,11,14-22H2,1-2H3,(H,33,37). The fourth-order valence-corrected chi connectivity index (χ4v) is 6.38. The molecule has 1 N–H and O–H groups in total. The van der Waals surface area contributed by atoms with Gasteiger partial charge in [-0.15, -0.1) is 0 Å². The molecule has 39 heavy (non-hydrogen) atoms. The molecule has 0 radical (unpaired) electrons. The van der Waals surface area contributed by atoms with E-state index < -0.39 is 0 Å². The number of nitrogens with zero attached hydrogens (tertiary/aromatic N) is 3. The molecule has 0 aromatic heterocycles. The Balaban J connectivity index is 1.31. The van der Waals surface area contributed by atoms with Gasteiger partial charge in [-0.2, -0.15) is 0 Å². The van der Waals surface area contributed by atoms with Crippen LogP contribution in [0.5, 0.6) is 5.75 Å². The molecule has 0 spiro atoms. The lowest BCUT2D eigenvalue weighted by Gasteiger charge is -2.39. The van der Waals surface area contributed by atoms with Gasteiger partial charge in [0, 0.05) is 57.1 Å². The van der Waals surface area contributed by atoms with Gasteiger partial charge in [-0.1, -0.05) is 44.7 Å². The molecule has 5 rings (SSSR count). The second-order valence-electron chi connectivity index (χ2n) is 11.6. The SMILES string of the molecule is COc1ccccc1N1CCN(c2ccc(NC(=O)CCC3CCCC3)cc2C(=O)N2CCC(C)CC2)CC1. The summed E-state index contributed by atoms with van der Waals surface area (Å²) in [6, 6.07) is 14.0. The van der Waals surface area contributed by atoms with Crippen LogP contribution in [0, 0.1) is 11.8 Å². The number of amides is 2. The second-order valence-corrected chi connectivity index (χ2v) is 11.6. The molecule has 3 aliphatic rings. The number of carbonyl (C=O) groups is 2. The molecule has 2 aromatic carbocycles. The Morgan fingerprint density at radius 3 is 2.23 bits per heavy atom.